The summed E-state index contributed by atoms with van der Waals surface area (Å²) >= 11 is 3.31. The zero-order valence-corrected chi connectivity index (χ0v) is 13.2. The molecule has 9 heteroatoms. The van der Waals surface area contributed by atoms with Crippen LogP contribution >= 0.6 is 15.9 Å². The summed E-state index contributed by atoms with van der Waals surface area (Å²) in [6.45, 7) is 1.88. The van der Waals surface area contributed by atoms with Crippen molar-refractivity contribution in [3.63, 3.8) is 0 Å². The topological polar surface area (TPSA) is 102 Å². The molecule has 2 rings (SSSR count). The van der Waals surface area contributed by atoms with Gasteiger partial charge in [0, 0.05) is 16.2 Å². The minimum absolute atomic E-state index is 0.148. The molecule has 0 atom stereocenters. The number of sulfonamides is 1. The molecule has 0 bridgehead atoms. The largest absolute Gasteiger partial charge is 0.363 e. The fourth-order valence-electron chi connectivity index (χ4n) is 1.51. The van der Waals surface area contributed by atoms with Crippen molar-refractivity contribution in [3.8, 4) is 0 Å². The number of hydrogen-bond acceptors (Lipinski definition) is 5. The van der Waals surface area contributed by atoms with Crippen LogP contribution in [0.25, 0.3) is 0 Å². The molecule has 1 aromatic carbocycles. The Kier molecular flexibility index (Phi) is 4.24. The van der Waals surface area contributed by atoms with Gasteiger partial charge in [-0.1, -0.05) is 22.0 Å². The summed E-state index contributed by atoms with van der Waals surface area (Å²) in [5.41, 5.74) is 1.35. The highest BCUT2D eigenvalue weighted by Crippen LogP contribution is 2.23. The van der Waals surface area contributed by atoms with E-state index in [0.29, 0.717) is 5.69 Å². The minimum Gasteiger partial charge on any atom is -0.358 e. The summed E-state index contributed by atoms with van der Waals surface area (Å²) < 4.78 is 27.4. The van der Waals surface area contributed by atoms with Crippen molar-refractivity contribution in [2.24, 2.45) is 0 Å². The predicted octanol–water partition coefficient (Wildman–Crippen LogP) is 2.86. The Bertz CT molecular complexity index is 791. The van der Waals surface area contributed by atoms with E-state index in [1.807, 2.05) is 6.92 Å². The van der Waals surface area contributed by atoms with E-state index in [0.717, 1.165) is 28.4 Å². The zero-order chi connectivity index (χ0) is 15.6. The lowest BCUT2D eigenvalue weighted by Gasteiger charge is -2.08. The first kappa shape index (κ1) is 15.4. The van der Waals surface area contributed by atoms with Crippen LogP contribution in [0.15, 0.2) is 45.9 Å². The van der Waals surface area contributed by atoms with Gasteiger partial charge in [-0.2, -0.15) is 0 Å². The van der Waals surface area contributed by atoms with Crippen molar-refractivity contribution in [2.45, 2.75) is 11.8 Å². The molecule has 21 heavy (non-hydrogen) atoms. The molecule has 0 unspecified atom stereocenters. The van der Waals surface area contributed by atoms with Gasteiger partial charge in [0.25, 0.3) is 10.0 Å². The molecule has 1 N–H and O–H groups in total. The molecule has 0 saturated carbocycles. The van der Waals surface area contributed by atoms with E-state index in [9.17, 15) is 18.5 Å². The maximum absolute atomic E-state index is 12.1. The molecule has 0 amide bonds. The number of aromatic nitrogens is 1. The Hall–Kier alpha value is -2.00. The summed E-state index contributed by atoms with van der Waals surface area (Å²) in [6.07, 6.45) is 0.948. The van der Waals surface area contributed by atoms with Gasteiger partial charge in [0.05, 0.1) is 0 Å². The van der Waals surface area contributed by atoms with Crippen molar-refractivity contribution in [1.29, 1.82) is 0 Å². The Balaban J connectivity index is 2.29. The number of benzene rings is 1. The highest BCUT2D eigenvalue weighted by molar-refractivity contribution is 9.10. The molecule has 1 aromatic heterocycles. The minimum atomic E-state index is -3.84. The van der Waals surface area contributed by atoms with Gasteiger partial charge >= 0.3 is 5.82 Å². The molecule has 0 saturated heterocycles. The normalized spacial score (nSPS) is 11.1. The average Bonchev–Trinajstić information content (AvgIpc) is 2.43. The van der Waals surface area contributed by atoms with E-state index < -0.39 is 20.8 Å². The first-order chi connectivity index (χ1) is 9.79. The van der Waals surface area contributed by atoms with Crippen molar-refractivity contribution in [2.75, 3.05) is 4.72 Å². The number of nitrogens with zero attached hydrogens (tertiary/aromatic N) is 2. The van der Waals surface area contributed by atoms with E-state index in [4.69, 9.17) is 0 Å². The maximum Gasteiger partial charge on any atom is 0.363 e. The second-order valence-electron chi connectivity index (χ2n) is 4.18. The van der Waals surface area contributed by atoms with Crippen LogP contribution in [0, 0.1) is 17.0 Å². The van der Waals surface area contributed by atoms with Crippen LogP contribution in [-0.2, 0) is 10.0 Å². The summed E-state index contributed by atoms with van der Waals surface area (Å²) in [5.74, 6) is -0.410. The summed E-state index contributed by atoms with van der Waals surface area (Å²) in [6, 6.07) is 7.19. The van der Waals surface area contributed by atoms with Crippen molar-refractivity contribution in [1.82, 2.24) is 4.98 Å². The third-order valence-corrected chi connectivity index (χ3v) is 4.86. The third kappa shape index (κ3) is 3.56. The fraction of sp³-hybridized carbons (Fsp3) is 0.0833. The number of nitrogens with one attached hydrogen (secondary N) is 1. The number of nitro groups is 1. The molecule has 110 valence electrons. The van der Waals surface area contributed by atoms with Crippen molar-refractivity contribution in [3.05, 3.63) is 56.7 Å². The van der Waals surface area contributed by atoms with Crippen molar-refractivity contribution < 1.29 is 13.3 Å². The van der Waals surface area contributed by atoms with Crippen LogP contribution < -0.4 is 4.72 Å². The summed E-state index contributed by atoms with van der Waals surface area (Å²) in [4.78, 5) is 13.1. The van der Waals surface area contributed by atoms with E-state index in [-0.39, 0.29) is 4.90 Å². The van der Waals surface area contributed by atoms with Gasteiger partial charge < -0.3 is 10.1 Å². The van der Waals surface area contributed by atoms with Crippen LogP contribution in [0.3, 0.4) is 0 Å². The van der Waals surface area contributed by atoms with Gasteiger partial charge in [0.15, 0.2) is 6.20 Å². The Morgan fingerprint density at radius 2 is 2.00 bits per heavy atom. The molecule has 0 spiro atoms. The molecule has 0 aliphatic rings. The number of hydrogen-bond donors (Lipinski definition) is 1. The summed E-state index contributed by atoms with van der Waals surface area (Å²) in [7, 11) is -3.84. The highest BCUT2D eigenvalue weighted by Gasteiger charge is 2.18. The Labute approximate surface area is 129 Å². The molecular formula is C12H10BrN3O4S. The molecular weight excluding hydrogens is 362 g/mol. The standard InChI is InChI=1S/C12H10BrN3O4S/c1-8-2-3-9(6-11(8)13)15-21(19,20)10-4-5-12(14-7-10)16(17)18/h2-7,15H,1H3. The first-order valence-electron chi connectivity index (χ1n) is 5.69. The van der Waals surface area contributed by atoms with Crippen molar-refractivity contribution >= 4 is 37.5 Å². The second kappa shape index (κ2) is 5.78. The zero-order valence-electron chi connectivity index (χ0n) is 10.8. The smallest absolute Gasteiger partial charge is 0.358 e. The van der Waals surface area contributed by atoms with E-state index in [2.05, 4.69) is 25.6 Å². The quantitative estimate of drug-likeness (QED) is 0.657. The monoisotopic (exact) mass is 371 g/mol. The lowest BCUT2D eigenvalue weighted by atomic mass is 10.2. The Morgan fingerprint density at radius 1 is 1.29 bits per heavy atom. The fourth-order valence-corrected chi connectivity index (χ4v) is 2.88. The van der Waals surface area contributed by atoms with Gasteiger partial charge in [-0.05, 0) is 40.6 Å². The lowest BCUT2D eigenvalue weighted by molar-refractivity contribution is -0.389. The van der Waals surface area contributed by atoms with E-state index in [1.54, 1.807) is 18.2 Å². The van der Waals surface area contributed by atoms with Crippen LogP contribution in [0.1, 0.15) is 5.56 Å². The van der Waals surface area contributed by atoms with E-state index in [1.165, 1.54) is 0 Å². The molecule has 0 aliphatic carbocycles. The molecule has 0 fully saturated rings. The number of anilines is 1. The van der Waals surface area contributed by atoms with Crippen LogP contribution in [0.2, 0.25) is 0 Å². The van der Waals surface area contributed by atoms with Crippen LogP contribution in [0.4, 0.5) is 11.5 Å². The average molecular weight is 372 g/mol. The molecule has 1 heterocycles. The van der Waals surface area contributed by atoms with Gasteiger partial charge in [-0.25, -0.2) is 8.42 Å². The van der Waals surface area contributed by atoms with Gasteiger partial charge in [-0.15, -0.1) is 0 Å². The van der Waals surface area contributed by atoms with Crippen LogP contribution in [-0.4, -0.2) is 18.3 Å². The van der Waals surface area contributed by atoms with Gasteiger partial charge in [0.2, 0.25) is 0 Å². The Morgan fingerprint density at radius 3 is 2.52 bits per heavy atom. The van der Waals surface area contributed by atoms with Crippen LogP contribution in [0.5, 0.6) is 0 Å². The van der Waals surface area contributed by atoms with Gasteiger partial charge in [-0.3, -0.25) is 4.72 Å². The summed E-state index contributed by atoms with van der Waals surface area (Å²) in [5, 5.41) is 10.5. The number of halogens is 1. The number of rotatable bonds is 4. The van der Waals surface area contributed by atoms with E-state index >= 15 is 0 Å². The lowest BCUT2D eigenvalue weighted by Crippen LogP contribution is -2.13. The molecule has 2 aromatic rings. The SMILES string of the molecule is Cc1ccc(NS(=O)(=O)c2ccc([N+](=O)[O-])nc2)cc1Br. The number of pyridine rings is 1. The van der Waals surface area contributed by atoms with Gasteiger partial charge in [0.1, 0.15) is 4.90 Å². The highest BCUT2D eigenvalue weighted by atomic mass is 79.9. The molecule has 0 aliphatic heterocycles. The molecule has 0 radical (unpaired) electrons. The predicted molar refractivity (Wildman–Crippen MR) is 80.6 cm³/mol. The maximum atomic E-state index is 12.1. The first-order valence-corrected chi connectivity index (χ1v) is 7.96. The second-order valence-corrected chi connectivity index (χ2v) is 6.72. The third-order valence-electron chi connectivity index (χ3n) is 2.64. The number of aryl methyl sites for hydroxylation is 1. The molecule has 7 nitrogen and oxygen atoms in total.